The number of rotatable bonds is 4. The van der Waals surface area contributed by atoms with E-state index in [-0.39, 0.29) is 18.5 Å². The van der Waals surface area contributed by atoms with Gasteiger partial charge in [-0.1, -0.05) is 29.8 Å². The van der Waals surface area contributed by atoms with Crippen molar-refractivity contribution in [3.63, 3.8) is 0 Å². The molecule has 0 bridgehead atoms. The van der Waals surface area contributed by atoms with E-state index in [1.54, 1.807) is 0 Å². The van der Waals surface area contributed by atoms with E-state index >= 15 is 0 Å². The topological polar surface area (TPSA) is 53.2 Å². The lowest BCUT2D eigenvalue weighted by Crippen LogP contribution is -2.42. The zero-order valence-electron chi connectivity index (χ0n) is 13.3. The lowest BCUT2D eigenvalue weighted by Gasteiger charge is -2.11. The molecule has 24 heavy (non-hydrogen) atoms. The second kappa shape index (κ2) is 7.07. The molecule has 0 saturated carbocycles. The molecule has 1 aliphatic heterocycles. The predicted octanol–water partition coefficient (Wildman–Crippen LogP) is 2.50. The van der Waals surface area contributed by atoms with Crippen LogP contribution in [0.5, 0.6) is 0 Å². The van der Waals surface area contributed by atoms with Gasteiger partial charge in [0.15, 0.2) is 0 Å². The maximum atomic E-state index is 13.1. The van der Waals surface area contributed by atoms with Crippen LogP contribution in [0, 0.1) is 18.6 Å². The molecule has 4 nitrogen and oxygen atoms in total. The van der Waals surface area contributed by atoms with E-state index in [1.807, 2.05) is 31.2 Å². The molecule has 2 aromatic carbocycles. The zero-order valence-corrected chi connectivity index (χ0v) is 13.3. The Hall–Kier alpha value is -2.31. The van der Waals surface area contributed by atoms with Crippen molar-refractivity contribution in [2.45, 2.75) is 32.0 Å². The molecule has 1 aliphatic rings. The molecule has 3 rings (SSSR count). The highest BCUT2D eigenvalue weighted by molar-refractivity contribution is 5.82. The quantitative estimate of drug-likeness (QED) is 0.807. The Morgan fingerprint density at radius 1 is 1.12 bits per heavy atom. The van der Waals surface area contributed by atoms with Crippen LogP contribution in [0.2, 0.25) is 0 Å². The van der Waals surface area contributed by atoms with Gasteiger partial charge >= 0.3 is 0 Å². The van der Waals surface area contributed by atoms with Crippen molar-refractivity contribution in [2.75, 3.05) is 0 Å². The fourth-order valence-corrected chi connectivity index (χ4v) is 2.77. The third-order valence-corrected chi connectivity index (χ3v) is 4.09. The Morgan fingerprint density at radius 2 is 1.79 bits per heavy atom. The lowest BCUT2D eigenvalue weighted by molar-refractivity contribution is -0.123. The number of halogens is 2. The summed E-state index contributed by atoms with van der Waals surface area (Å²) < 4.78 is 26.3. The van der Waals surface area contributed by atoms with Crippen LogP contribution in [-0.4, -0.2) is 11.9 Å². The molecular weight excluding hydrogens is 312 g/mol. The van der Waals surface area contributed by atoms with Crippen LogP contribution in [0.4, 0.5) is 8.78 Å². The number of hydrazine groups is 1. The Balaban J connectivity index is 1.55. The molecular formula is C18H19F2N3O. The normalized spacial score (nSPS) is 20.1. The predicted molar refractivity (Wildman–Crippen MR) is 86.8 cm³/mol. The summed E-state index contributed by atoms with van der Waals surface area (Å²) in [5.41, 5.74) is 8.76. The SMILES string of the molecule is Cc1ccc(C2CC(C(=O)NCc3cc(F)cc(F)c3)NN2)cc1. The van der Waals surface area contributed by atoms with Crippen molar-refractivity contribution in [2.24, 2.45) is 0 Å². The molecule has 2 unspecified atom stereocenters. The van der Waals surface area contributed by atoms with Crippen LogP contribution >= 0.6 is 0 Å². The van der Waals surface area contributed by atoms with E-state index in [9.17, 15) is 13.6 Å². The molecule has 0 aliphatic carbocycles. The van der Waals surface area contributed by atoms with Gasteiger partial charge in [-0.25, -0.2) is 19.6 Å². The Kier molecular flexibility index (Phi) is 4.87. The molecule has 6 heteroatoms. The van der Waals surface area contributed by atoms with Gasteiger partial charge in [0.2, 0.25) is 5.91 Å². The highest BCUT2D eigenvalue weighted by Gasteiger charge is 2.29. The molecule has 1 fully saturated rings. The van der Waals surface area contributed by atoms with Crippen molar-refractivity contribution in [1.29, 1.82) is 0 Å². The average Bonchev–Trinajstić information content (AvgIpc) is 3.02. The number of hydrogen-bond acceptors (Lipinski definition) is 3. The van der Waals surface area contributed by atoms with Gasteiger partial charge in [-0.3, -0.25) is 4.79 Å². The molecule has 0 aromatic heterocycles. The fourth-order valence-electron chi connectivity index (χ4n) is 2.77. The lowest BCUT2D eigenvalue weighted by atomic mass is 10.0. The first-order valence-corrected chi connectivity index (χ1v) is 7.81. The van der Waals surface area contributed by atoms with Crippen LogP contribution in [0.1, 0.15) is 29.2 Å². The Labute approximate surface area is 139 Å². The van der Waals surface area contributed by atoms with E-state index in [0.717, 1.165) is 11.6 Å². The van der Waals surface area contributed by atoms with Gasteiger partial charge in [0.1, 0.15) is 17.7 Å². The van der Waals surface area contributed by atoms with Crippen LogP contribution in [0.3, 0.4) is 0 Å². The minimum Gasteiger partial charge on any atom is -0.351 e. The molecule has 1 amide bonds. The second-order valence-electron chi connectivity index (χ2n) is 6.04. The number of nitrogens with one attached hydrogen (secondary N) is 3. The second-order valence-corrected chi connectivity index (χ2v) is 6.04. The van der Waals surface area contributed by atoms with E-state index in [4.69, 9.17) is 0 Å². The summed E-state index contributed by atoms with van der Waals surface area (Å²) in [5.74, 6) is -1.51. The number of aryl methyl sites for hydroxylation is 1. The summed E-state index contributed by atoms with van der Waals surface area (Å²) in [7, 11) is 0. The third kappa shape index (κ3) is 3.96. The first kappa shape index (κ1) is 16.5. The maximum absolute atomic E-state index is 13.1. The zero-order chi connectivity index (χ0) is 17.1. The highest BCUT2D eigenvalue weighted by atomic mass is 19.1. The van der Waals surface area contributed by atoms with Crippen molar-refractivity contribution in [1.82, 2.24) is 16.2 Å². The average molecular weight is 331 g/mol. The van der Waals surface area contributed by atoms with Crippen molar-refractivity contribution >= 4 is 5.91 Å². The number of hydrogen-bond donors (Lipinski definition) is 3. The molecule has 0 spiro atoms. The monoisotopic (exact) mass is 331 g/mol. The number of carbonyl (C=O) groups is 1. The van der Waals surface area contributed by atoms with E-state index in [1.165, 1.54) is 17.7 Å². The molecule has 3 N–H and O–H groups in total. The minimum absolute atomic E-state index is 0.0490. The highest BCUT2D eigenvalue weighted by Crippen LogP contribution is 2.22. The molecule has 1 heterocycles. The summed E-state index contributed by atoms with van der Waals surface area (Å²) in [4.78, 5) is 12.2. The molecule has 1 saturated heterocycles. The van der Waals surface area contributed by atoms with Gasteiger partial charge in [0.25, 0.3) is 0 Å². The third-order valence-electron chi connectivity index (χ3n) is 4.09. The van der Waals surface area contributed by atoms with Gasteiger partial charge in [-0.05, 0) is 36.6 Å². The standard InChI is InChI=1S/C18H19F2N3O/c1-11-2-4-13(5-3-11)16-9-17(23-22-16)18(24)21-10-12-6-14(19)8-15(20)7-12/h2-8,16-17,22-23H,9-10H2,1H3,(H,21,24). The first-order valence-electron chi connectivity index (χ1n) is 7.81. The minimum atomic E-state index is -0.653. The van der Waals surface area contributed by atoms with Gasteiger partial charge in [0, 0.05) is 18.7 Å². The van der Waals surface area contributed by atoms with E-state index in [0.29, 0.717) is 12.0 Å². The molecule has 2 aromatic rings. The van der Waals surface area contributed by atoms with Crippen LogP contribution in [-0.2, 0) is 11.3 Å². The van der Waals surface area contributed by atoms with Crippen LogP contribution in [0.25, 0.3) is 0 Å². The summed E-state index contributed by atoms with van der Waals surface area (Å²) in [6.45, 7) is 2.11. The van der Waals surface area contributed by atoms with Crippen molar-refractivity contribution in [3.05, 3.63) is 70.8 Å². The van der Waals surface area contributed by atoms with Crippen LogP contribution < -0.4 is 16.2 Å². The Bertz CT molecular complexity index is 713. The van der Waals surface area contributed by atoms with Crippen molar-refractivity contribution in [3.8, 4) is 0 Å². The summed E-state index contributed by atoms with van der Waals surface area (Å²) in [6, 6.07) is 11.0. The fraction of sp³-hybridized carbons (Fsp3) is 0.278. The van der Waals surface area contributed by atoms with E-state index < -0.39 is 17.7 Å². The first-order chi connectivity index (χ1) is 11.5. The smallest absolute Gasteiger partial charge is 0.238 e. The molecule has 126 valence electrons. The molecule has 0 radical (unpaired) electrons. The number of benzene rings is 2. The number of carbonyl (C=O) groups excluding carboxylic acids is 1. The molecule has 2 atom stereocenters. The summed E-state index contributed by atoms with van der Waals surface area (Å²) in [5, 5.41) is 2.70. The maximum Gasteiger partial charge on any atom is 0.238 e. The van der Waals surface area contributed by atoms with Gasteiger partial charge < -0.3 is 5.32 Å². The largest absolute Gasteiger partial charge is 0.351 e. The van der Waals surface area contributed by atoms with Gasteiger partial charge in [-0.15, -0.1) is 0 Å². The number of amides is 1. The van der Waals surface area contributed by atoms with E-state index in [2.05, 4.69) is 16.2 Å². The van der Waals surface area contributed by atoms with Crippen molar-refractivity contribution < 1.29 is 13.6 Å². The van der Waals surface area contributed by atoms with Crippen LogP contribution in [0.15, 0.2) is 42.5 Å². The summed E-state index contributed by atoms with van der Waals surface area (Å²) in [6.07, 6.45) is 0.604. The summed E-state index contributed by atoms with van der Waals surface area (Å²) >= 11 is 0. The Morgan fingerprint density at radius 3 is 2.46 bits per heavy atom. The van der Waals surface area contributed by atoms with Gasteiger partial charge in [0.05, 0.1) is 0 Å². The van der Waals surface area contributed by atoms with Gasteiger partial charge in [-0.2, -0.15) is 0 Å².